The van der Waals surface area contributed by atoms with Crippen molar-refractivity contribution in [3.8, 4) is 0 Å². The Hall–Kier alpha value is -2.63. The van der Waals surface area contributed by atoms with Crippen LogP contribution in [-0.2, 0) is 18.8 Å². The first-order valence-electron chi connectivity index (χ1n) is 9.29. The van der Waals surface area contributed by atoms with Crippen molar-refractivity contribution in [2.45, 2.75) is 0 Å². The lowest BCUT2D eigenvalue weighted by atomic mass is 10.3. The number of H-pyrrole nitrogens is 1. The summed E-state index contributed by atoms with van der Waals surface area (Å²) in [7, 11) is 3.05. The number of aromatic amines is 1. The average Bonchev–Trinajstić information content (AvgIpc) is 3.41. The number of anilines is 1. The Morgan fingerprint density at radius 1 is 1.20 bits per heavy atom. The van der Waals surface area contributed by atoms with Crippen molar-refractivity contribution in [1.82, 2.24) is 24.0 Å². The number of halogens is 1. The fourth-order valence-electron chi connectivity index (χ4n) is 3.38. The van der Waals surface area contributed by atoms with Gasteiger partial charge in [0.05, 0.1) is 0 Å². The predicted octanol–water partition coefficient (Wildman–Crippen LogP) is 0.423. The van der Waals surface area contributed by atoms with E-state index in [1.54, 1.807) is 13.1 Å². The third-order valence-electron chi connectivity index (χ3n) is 5.12. The van der Waals surface area contributed by atoms with Gasteiger partial charge in [-0.05, 0) is 11.4 Å². The molecule has 0 aromatic carbocycles. The lowest BCUT2D eigenvalue weighted by Crippen LogP contribution is -2.47. The van der Waals surface area contributed by atoms with Gasteiger partial charge in [0.15, 0.2) is 11.2 Å². The highest BCUT2D eigenvalue weighted by atomic mass is 35.5. The summed E-state index contributed by atoms with van der Waals surface area (Å²) in [5, 5.41) is 1.85. The van der Waals surface area contributed by atoms with Gasteiger partial charge in [-0.15, -0.1) is 23.7 Å². The number of nitrogens with one attached hydrogen (secondary N) is 1. The molecule has 0 unspecified atom stereocenters. The van der Waals surface area contributed by atoms with E-state index in [9.17, 15) is 14.4 Å². The first kappa shape index (κ1) is 22.1. The molecule has 30 heavy (non-hydrogen) atoms. The molecule has 1 N–H and O–H groups in total. The highest BCUT2D eigenvalue weighted by molar-refractivity contribution is 7.11. The average molecular weight is 455 g/mol. The van der Waals surface area contributed by atoms with Gasteiger partial charge in [0.1, 0.15) is 11.5 Å². The van der Waals surface area contributed by atoms with E-state index in [1.165, 1.54) is 23.0 Å². The second-order valence-electron chi connectivity index (χ2n) is 6.91. The van der Waals surface area contributed by atoms with Crippen LogP contribution in [0.3, 0.4) is 0 Å². The maximum Gasteiger partial charge on any atom is 0.348 e. The summed E-state index contributed by atoms with van der Waals surface area (Å²) in [5.41, 5.74) is -0.0981. The van der Waals surface area contributed by atoms with Crippen LogP contribution in [0.4, 0.5) is 5.95 Å². The third kappa shape index (κ3) is 4.13. The van der Waals surface area contributed by atoms with E-state index < -0.39 is 5.69 Å². The van der Waals surface area contributed by atoms with Crippen LogP contribution < -0.4 is 16.1 Å². The molecule has 0 bridgehead atoms. The van der Waals surface area contributed by atoms with Crippen LogP contribution in [-0.4, -0.2) is 69.3 Å². The molecular formula is C18H23ClN6O4S. The Morgan fingerprint density at radius 2 is 1.93 bits per heavy atom. The van der Waals surface area contributed by atoms with E-state index in [1.807, 2.05) is 11.4 Å². The zero-order valence-electron chi connectivity index (χ0n) is 16.7. The maximum atomic E-state index is 12.3. The molecular weight excluding hydrogens is 432 g/mol. The molecule has 10 nitrogen and oxygen atoms in total. The van der Waals surface area contributed by atoms with Crippen molar-refractivity contribution in [2.75, 3.05) is 44.2 Å². The number of hydrogen-bond donors (Lipinski definition) is 1. The molecule has 4 rings (SSSR count). The summed E-state index contributed by atoms with van der Waals surface area (Å²) >= 11 is 1.37. The van der Waals surface area contributed by atoms with Crippen LogP contribution in [0, 0.1) is 0 Å². The predicted molar refractivity (Wildman–Crippen MR) is 117 cm³/mol. The number of aromatic nitrogens is 4. The largest absolute Gasteiger partial charge is 0.460 e. The van der Waals surface area contributed by atoms with Gasteiger partial charge in [0, 0.05) is 46.8 Å². The number of hydrogen-bond acceptors (Lipinski definition) is 8. The monoisotopic (exact) mass is 454 g/mol. The third-order valence-corrected chi connectivity index (χ3v) is 5.97. The molecule has 3 aromatic heterocycles. The minimum absolute atomic E-state index is 0. The van der Waals surface area contributed by atoms with Crippen molar-refractivity contribution in [3.05, 3.63) is 43.2 Å². The Labute approximate surface area is 182 Å². The van der Waals surface area contributed by atoms with Crippen molar-refractivity contribution in [3.63, 3.8) is 0 Å². The fourth-order valence-corrected chi connectivity index (χ4v) is 4.00. The maximum absolute atomic E-state index is 12.3. The molecule has 162 valence electrons. The number of imidazole rings is 1. The number of piperazine rings is 1. The summed E-state index contributed by atoms with van der Waals surface area (Å²) in [4.78, 5) is 48.7. The number of carbonyl (C=O) groups is 1. The Kier molecular flexibility index (Phi) is 6.64. The molecule has 0 atom stereocenters. The number of nitrogens with zero attached hydrogens (tertiary/aromatic N) is 5. The minimum Gasteiger partial charge on any atom is -0.460 e. The van der Waals surface area contributed by atoms with E-state index in [2.05, 4.69) is 19.8 Å². The fraction of sp³-hybridized carbons (Fsp3) is 0.444. The molecule has 1 aliphatic rings. The second kappa shape index (κ2) is 9.02. The smallest absolute Gasteiger partial charge is 0.348 e. The van der Waals surface area contributed by atoms with Gasteiger partial charge in [-0.3, -0.25) is 18.8 Å². The van der Waals surface area contributed by atoms with Crippen LogP contribution in [0.5, 0.6) is 0 Å². The van der Waals surface area contributed by atoms with E-state index >= 15 is 0 Å². The molecule has 1 fully saturated rings. The van der Waals surface area contributed by atoms with Crippen molar-refractivity contribution < 1.29 is 9.53 Å². The van der Waals surface area contributed by atoms with Gasteiger partial charge in [-0.25, -0.2) is 9.59 Å². The first-order chi connectivity index (χ1) is 14.0. The van der Waals surface area contributed by atoms with Gasteiger partial charge >= 0.3 is 11.7 Å². The van der Waals surface area contributed by atoms with Crippen LogP contribution in [0.1, 0.15) is 9.67 Å². The molecule has 0 spiro atoms. The van der Waals surface area contributed by atoms with Gasteiger partial charge < -0.3 is 14.6 Å². The van der Waals surface area contributed by atoms with Gasteiger partial charge in [-0.2, -0.15) is 4.98 Å². The first-order valence-corrected chi connectivity index (χ1v) is 10.2. The number of aryl methyl sites for hydroxylation is 1. The van der Waals surface area contributed by atoms with Crippen LogP contribution in [0.2, 0.25) is 0 Å². The number of carbonyl (C=O) groups excluding carboxylic acids is 1. The summed E-state index contributed by atoms with van der Waals surface area (Å²) in [6, 6.07) is 3.58. The molecule has 4 heterocycles. The minimum atomic E-state index is -0.400. The Balaban J connectivity index is 0.00000256. The van der Waals surface area contributed by atoms with Gasteiger partial charge in [0.25, 0.3) is 5.56 Å². The number of ether oxygens (including phenoxy) is 1. The van der Waals surface area contributed by atoms with Crippen LogP contribution in [0.25, 0.3) is 11.2 Å². The SMILES string of the molecule is Cl.Cn1c(=O)c2[nH]c(N3CCN(CCOC(=O)c4cccs4)CC3)nc2n(C)c1=O. The number of thiophene rings is 1. The number of esters is 1. The number of fused-ring (bicyclic) bond motifs is 1. The van der Waals surface area contributed by atoms with E-state index in [-0.39, 0.29) is 23.9 Å². The summed E-state index contributed by atoms with van der Waals surface area (Å²) in [5.74, 6) is 0.301. The standard InChI is InChI=1S/C18H22N6O4S.ClH/c1-21-14-13(15(25)22(2)18(21)27)19-17(20-14)24-7-5-23(6-8-24)9-10-28-16(26)12-4-3-11-29-12;/h3-4,11H,5-10H2,1-2H3,(H,19,20);1H. The van der Waals surface area contributed by atoms with Crippen LogP contribution >= 0.6 is 23.7 Å². The molecule has 0 amide bonds. The van der Waals surface area contributed by atoms with Gasteiger partial charge in [-0.1, -0.05) is 6.07 Å². The topological polar surface area (TPSA) is 105 Å². The van der Waals surface area contributed by atoms with Crippen LogP contribution in [0.15, 0.2) is 27.1 Å². The lowest BCUT2D eigenvalue weighted by molar-refractivity contribution is 0.0464. The summed E-state index contributed by atoms with van der Waals surface area (Å²) in [6.07, 6.45) is 0. The van der Waals surface area contributed by atoms with Gasteiger partial charge in [0.2, 0.25) is 5.95 Å². The molecule has 3 aromatic rings. The number of rotatable bonds is 5. The van der Waals surface area contributed by atoms with Crippen molar-refractivity contribution in [1.29, 1.82) is 0 Å². The van der Waals surface area contributed by atoms with E-state index in [0.717, 1.165) is 17.7 Å². The second-order valence-corrected chi connectivity index (χ2v) is 7.85. The molecule has 0 saturated carbocycles. The lowest BCUT2D eigenvalue weighted by Gasteiger charge is -2.34. The van der Waals surface area contributed by atoms with E-state index in [4.69, 9.17) is 4.74 Å². The summed E-state index contributed by atoms with van der Waals surface area (Å²) < 4.78 is 7.76. The Morgan fingerprint density at radius 3 is 2.60 bits per heavy atom. The molecule has 1 aliphatic heterocycles. The zero-order valence-corrected chi connectivity index (χ0v) is 18.3. The van der Waals surface area contributed by atoms with Crippen molar-refractivity contribution >= 4 is 46.8 Å². The highest BCUT2D eigenvalue weighted by Crippen LogP contribution is 2.15. The molecule has 12 heteroatoms. The Bertz CT molecular complexity index is 1140. The van der Waals surface area contributed by atoms with Crippen molar-refractivity contribution in [2.24, 2.45) is 14.1 Å². The molecule has 0 radical (unpaired) electrons. The summed E-state index contributed by atoms with van der Waals surface area (Å²) in [6.45, 7) is 4.01. The quantitative estimate of drug-likeness (QED) is 0.557. The normalized spacial score (nSPS) is 14.7. The molecule has 0 aliphatic carbocycles. The van der Waals surface area contributed by atoms with E-state index in [0.29, 0.717) is 48.2 Å². The zero-order chi connectivity index (χ0) is 20.5. The highest BCUT2D eigenvalue weighted by Gasteiger charge is 2.22. The molecule has 1 saturated heterocycles.